The van der Waals surface area contributed by atoms with E-state index in [-0.39, 0.29) is 49.0 Å². The molecule has 2 fully saturated rings. The van der Waals surface area contributed by atoms with Crippen LogP contribution in [0.1, 0.15) is 84.0 Å². The smallest absolute Gasteiger partial charge is 0.307 e. The van der Waals surface area contributed by atoms with Crippen molar-refractivity contribution >= 4 is 11.6 Å². The Labute approximate surface area is 228 Å². The van der Waals surface area contributed by atoms with Crippen LogP contribution in [0.2, 0.25) is 0 Å². The number of halogens is 5. The number of carbonyl (C=O) groups is 1. The van der Waals surface area contributed by atoms with Crippen LogP contribution in [0.5, 0.6) is 0 Å². The fourth-order valence-electron chi connectivity index (χ4n) is 6.26. The molecule has 2 heterocycles. The molecule has 0 spiro atoms. The Morgan fingerprint density at radius 3 is 2.55 bits per heavy atom. The van der Waals surface area contributed by atoms with Crippen molar-refractivity contribution < 1.29 is 31.3 Å². The third kappa shape index (κ3) is 4.78. The molecule has 6 nitrogen and oxygen atoms in total. The van der Waals surface area contributed by atoms with Crippen molar-refractivity contribution in [1.29, 1.82) is 0 Å². The van der Waals surface area contributed by atoms with Crippen molar-refractivity contribution in [2.24, 2.45) is 7.05 Å². The predicted molar refractivity (Wildman–Crippen MR) is 137 cm³/mol. The first-order chi connectivity index (χ1) is 18.8. The highest BCUT2D eigenvalue weighted by Gasteiger charge is 2.44. The van der Waals surface area contributed by atoms with Gasteiger partial charge in [-0.25, -0.2) is 13.3 Å². The van der Waals surface area contributed by atoms with Gasteiger partial charge in [0.25, 0.3) is 12.2 Å². The van der Waals surface area contributed by atoms with E-state index >= 15 is 0 Å². The molecule has 1 aromatic heterocycles. The molecule has 1 atom stereocenters. The molecule has 0 bridgehead atoms. The van der Waals surface area contributed by atoms with Crippen LogP contribution in [0.3, 0.4) is 0 Å². The molecule has 11 heteroatoms. The number of anilines is 1. The van der Waals surface area contributed by atoms with Gasteiger partial charge in [0, 0.05) is 41.2 Å². The summed E-state index contributed by atoms with van der Waals surface area (Å²) in [5.74, 6) is -3.82. The molecule has 2 saturated carbocycles. The van der Waals surface area contributed by atoms with Gasteiger partial charge in [0.15, 0.2) is 5.69 Å². The summed E-state index contributed by atoms with van der Waals surface area (Å²) >= 11 is 0. The van der Waals surface area contributed by atoms with Gasteiger partial charge >= 0.3 is 6.18 Å². The van der Waals surface area contributed by atoms with E-state index in [4.69, 9.17) is 0 Å². The van der Waals surface area contributed by atoms with Crippen molar-refractivity contribution in [3.05, 3.63) is 70.8 Å². The number of para-hydroxylation sites is 1. The van der Waals surface area contributed by atoms with E-state index in [9.17, 15) is 26.7 Å². The summed E-state index contributed by atoms with van der Waals surface area (Å²) in [7, 11) is 1.75. The molecule has 2 aromatic carbocycles. The molecule has 0 radical (unpaired) electrons. The normalized spacial score (nSPS) is 21.5. The standard InChI is InChI=1S/C29H31F5N5O/c1-27(8-4-9-27)35-14-18-11-21-22(23(12-18)29(32,33)34)15-38(26(21)40)24-6-3-5-20(19-7-10-28(30,31)13-19)25(24)39-17-37(2)16-36-39/h3,5-6,11-12,16-17,19,35H,4,7-10,13-15H2,1-2H3/q+1/t19-/m1/s1. The summed E-state index contributed by atoms with van der Waals surface area (Å²) in [5, 5.41) is 7.71. The minimum Gasteiger partial charge on any atom is -0.307 e. The van der Waals surface area contributed by atoms with E-state index in [0.717, 1.165) is 25.3 Å². The molecule has 0 saturated heterocycles. The van der Waals surface area contributed by atoms with Gasteiger partial charge in [0.2, 0.25) is 12.2 Å². The first-order valence-corrected chi connectivity index (χ1v) is 13.5. The van der Waals surface area contributed by atoms with Gasteiger partial charge in [-0.2, -0.15) is 13.2 Å². The number of benzene rings is 2. The minimum atomic E-state index is -4.65. The maximum Gasteiger partial charge on any atom is 0.416 e. The molecule has 1 amide bonds. The molecule has 6 rings (SSSR count). The van der Waals surface area contributed by atoms with Crippen LogP contribution >= 0.6 is 0 Å². The number of alkyl halides is 5. The summed E-state index contributed by atoms with van der Waals surface area (Å²) in [6.45, 7) is 1.99. The largest absolute Gasteiger partial charge is 0.416 e. The van der Waals surface area contributed by atoms with E-state index in [1.54, 1.807) is 42.2 Å². The Hall–Kier alpha value is -3.34. The van der Waals surface area contributed by atoms with E-state index in [2.05, 4.69) is 10.4 Å². The molecule has 0 unspecified atom stereocenters. The van der Waals surface area contributed by atoms with Crippen LogP contribution in [0.25, 0.3) is 5.69 Å². The number of hydrogen-bond donors (Lipinski definition) is 1. The Morgan fingerprint density at radius 2 is 1.95 bits per heavy atom. The zero-order valence-corrected chi connectivity index (χ0v) is 22.4. The number of fused-ring (bicyclic) bond motifs is 1. The number of aromatic nitrogens is 3. The number of carbonyl (C=O) groups excluding carboxylic acids is 1. The zero-order chi connectivity index (χ0) is 28.4. The van der Waals surface area contributed by atoms with Crippen molar-refractivity contribution in [1.82, 2.24) is 15.1 Å². The number of hydrogen-bond acceptors (Lipinski definition) is 3. The predicted octanol–water partition coefficient (Wildman–Crippen LogP) is 5.81. The monoisotopic (exact) mass is 560 g/mol. The van der Waals surface area contributed by atoms with Crippen LogP contribution in [-0.4, -0.2) is 27.1 Å². The number of aryl methyl sites for hydroxylation is 1. The van der Waals surface area contributed by atoms with Gasteiger partial charge in [-0.3, -0.25) is 4.79 Å². The summed E-state index contributed by atoms with van der Waals surface area (Å²) in [5.41, 5.74) is 0.765. The lowest BCUT2D eigenvalue weighted by atomic mass is 9.78. The van der Waals surface area contributed by atoms with Gasteiger partial charge in [-0.15, -0.1) is 0 Å². The second-order valence-corrected chi connectivity index (χ2v) is 11.7. The Morgan fingerprint density at radius 1 is 1.18 bits per heavy atom. The van der Waals surface area contributed by atoms with Crippen LogP contribution in [0.4, 0.5) is 27.6 Å². The summed E-state index contributed by atoms with van der Waals surface area (Å²) in [6.07, 6.45) is 1.20. The second-order valence-electron chi connectivity index (χ2n) is 11.7. The molecule has 3 aromatic rings. The van der Waals surface area contributed by atoms with E-state index in [0.29, 0.717) is 22.5 Å². The number of nitrogens with zero attached hydrogens (tertiary/aromatic N) is 4. The van der Waals surface area contributed by atoms with Gasteiger partial charge in [-0.1, -0.05) is 16.8 Å². The molecule has 212 valence electrons. The maximum atomic E-state index is 14.3. The average molecular weight is 561 g/mol. The third-order valence-electron chi connectivity index (χ3n) is 8.64. The van der Waals surface area contributed by atoms with Gasteiger partial charge in [0.05, 0.1) is 24.8 Å². The third-order valence-corrected chi connectivity index (χ3v) is 8.64. The topological polar surface area (TPSA) is 54.0 Å². The highest BCUT2D eigenvalue weighted by Crippen LogP contribution is 2.48. The van der Waals surface area contributed by atoms with Crippen LogP contribution in [0, 0.1) is 0 Å². The van der Waals surface area contributed by atoms with Gasteiger partial charge in [0.1, 0.15) is 0 Å². The fraction of sp³-hybridized carbons (Fsp3) is 0.483. The van der Waals surface area contributed by atoms with E-state index < -0.39 is 29.5 Å². The second kappa shape index (κ2) is 9.36. The lowest BCUT2D eigenvalue weighted by molar-refractivity contribution is -0.672. The van der Waals surface area contributed by atoms with Crippen molar-refractivity contribution in [3.63, 3.8) is 0 Å². The summed E-state index contributed by atoms with van der Waals surface area (Å²) < 4.78 is 74.5. The highest BCUT2D eigenvalue weighted by atomic mass is 19.4. The van der Waals surface area contributed by atoms with Crippen molar-refractivity contribution in [2.45, 2.75) is 82.1 Å². The molecule has 2 aliphatic carbocycles. The quantitative estimate of drug-likeness (QED) is 0.306. The zero-order valence-electron chi connectivity index (χ0n) is 22.4. The lowest BCUT2D eigenvalue weighted by Crippen LogP contribution is -2.47. The fourth-order valence-corrected chi connectivity index (χ4v) is 6.26. The highest BCUT2D eigenvalue weighted by molar-refractivity contribution is 6.11. The maximum absolute atomic E-state index is 14.3. The van der Waals surface area contributed by atoms with Crippen molar-refractivity contribution in [3.8, 4) is 5.69 Å². The lowest BCUT2D eigenvalue weighted by Gasteiger charge is -2.39. The van der Waals surface area contributed by atoms with Gasteiger partial charge in [-0.05, 0) is 67.9 Å². The Bertz CT molecular complexity index is 1480. The molecule has 1 aliphatic heterocycles. The average Bonchev–Trinajstić information content (AvgIpc) is 3.56. The molecule has 3 aliphatic rings. The van der Waals surface area contributed by atoms with E-state index in [1.165, 1.54) is 15.9 Å². The molecular weight excluding hydrogens is 529 g/mol. The van der Waals surface area contributed by atoms with Crippen LogP contribution in [0.15, 0.2) is 43.0 Å². The first-order valence-electron chi connectivity index (χ1n) is 13.5. The van der Waals surface area contributed by atoms with Crippen LogP contribution in [-0.2, 0) is 26.3 Å². The van der Waals surface area contributed by atoms with Crippen molar-refractivity contribution in [2.75, 3.05) is 4.90 Å². The number of rotatable bonds is 6. The Kier molecular flexibility index (Phi) is 6.28. The summed E-state index contributed by atoms with van der Waals surface area (Å²) in [4.78, 5) is 15.1. The molecular formula is C29H31F5N5O+. The van der Waals surface area contributed by atoms with Crippen LogP contribution < -0.4 is 14.8 Å². The minimum absolute atomic E-state index is 0.0140. The number of nitrogens with one attached hydrogen (secondary N) is 1. The number of amides is 1. The van der Waals surface area contributed by atoms with E-state index in [1.807, 2.05) is 6.92 Å². The summed E-state index contributed by atoms with van der Waals surface area (Å²) in [6, 6.07) is 7.74. The SMILES string of the molecule is C[n+]1cnn(-c2c([C@@H]3CCC(F)(F)C3)cccc2N2Cc3c(cc(CNC4(C)CCC4)cc3C(F)(F)F)C2=O)c1. The Balaban J connectivity index is 1.42. The van der Waals surface area contributed by atoms with Gasteiger partial charge < -0.3 is 10.2 Å². The first kappa shape index (κ1) is 26.9. The molecule has 1 N–H and O–H groups in total. The molecule has 40 heavy (non-hydrogen) atoms.